The number of methoxy groups -OCH3 is 1. The van der Waals surface area contributed by atoms with Gasteiger partial charge in [0, 0.05) is 37.7 Å². The molecular weight excluding hydrogens is 236 g/mol. The molecule has 1 aliphatic rings. The average Bonchev–Trinajstić information content (AvgIpc) is 2.36. The van der Waals surface area contributed by atoms with Crippen LogP contribution < -0.4 is 10.1 Å². The van der Waals surface area contributed by atoms with Crippen LogP contribution in [0.2, 0.25) is 5.02 Å². The highest BCUT2D eigenvalue weighted by atomic mass is 35.5. The topological polar surface area (TPSA) is 24.5 Å². The zero-order valence-corrected chi connectivity index (χ0v) is 11.2. The monoisotopic (exact) mass is 254 g/mol. The Morgan fingerprint density at radius 2 is 2.06 bits per heavy atom. The summed E-state index contributed by atoms with van der Waals surface area (Å²) in [7, 11) is 1.69. The first-order chi connectivity index (χ1) is 8.20. The fourth-order valence-electron chi connectivity index (χ4n) is 2.15. The number of piperazine rings is 1. The van der Waals surface area contributed by atoms with Gasteiger partial charge in [0.15, 0.2) is 0 Å². The Bertz CT molecular complexity index is 389. The zero-order chi connectivity index (χ0) is 12.3. The number of hydrogen-bond donors (Lipinski definition) is 1. The van der Waals surface area contributed by atoms with Gasteiger partial charge in [0.25, 0.3) is 0 Å². The van der Waals surface area contributed by atoms with E-state index in [4.69, 9.17) is 16.3 Å². The Hall–Kier alpha value is -0.770. The summed E-state index contributed by atoms with van der Waals surface area (Å²) in [5.41, 5.74) is 2.24. The molecule has 3 nitrogen and oxygen atoms in total. The maximum absolute atomic E-state index is 6.34. The van der Waals surface area contributed by atoms with E-state index in [1.165, 1.54) is 0 Å². The van der Waals surface area contributed by atoms with Gasteiger partial charge in [-0.05, 0) is 30.2 Å². The highest BCUT2D eigenvalue weighted by molar-refractivity contribution is 6.32. The van der Waals surface area contributed by atoms with Crippen molar-refractivity contribution >= 4 is 11.6 Å². The summed E-state index contributed by atoms with van der Waals surface area (Å²) in [6.07, 6.45) is 0. The van der Waals surface area contributed by atoms with Gasteiger partial charge in [-0.15, -0.1) is 0 Å². The predicted molar refractivity (Wildman–Crippen MR) is 70.9 cm³/mol. The van der Waals surface area contributed by atoms with Gasteiger partial charge in [-0.2, -0.15) is 0 Å². The summed E-state index contributed by atoms with van der Waals surface area (Å²) in [6, 6.07) is 4.01. The molecule has 0 aromatic heterocycles. The van der Waals surface area contributed by atoms with Gasteiger partial charge in [0.05, 0.1) is 7.11 Å². The molecule has 94 valence electrons. The number of nitrogens with one attached hydrogen (secondary N) is 1. The molecule has 1 aromatic carbocycles. The Kier molecular flexibility index (Phi) is 4.26. The van der Waals surface area contributed by atoms with Crippen LogP contribution in [0.1, 0.15) is 11.1 Å². The van der Waals surface area contributed by atoms with Crippen LogP contribution in [0.4, 0.5) is 0 Å². The quantitative estimate of drug-likeness (QED) is 0.894. The van der Waals surface area contributed by atoms with Crippen molar-refractivity contribution in [3.05, 3.63) is 28.3 Å². The van der Waals surface area contributed by atoms with Crippen LogP contribution in [0.5, 0.6) is 5.75 Å². The Labute approximate surface area is 108 Å². The molecule has 1 heterocycles. The molecule has 0 atom stereocenters. The first-order valence-corrected chi connectivity index (χ1v) is 6.34. The van der Waals surface area contributed by atoms with Crippen molar-refractivity contribution in [3.8, 4) is 5.75 Å². The van der Waals surface area contributed by atoms with E-state index in [1.807, 2.05) is 19.1 Å². The minimum Gasteiger partial charge on any atom is -0.497 e. The van der Waals surface area contributed by atoms with Crippen molar-refractivity contribution in [2.75, 3.05) is 33.3 Å². The second-order valence-corrected chi connectivity index (χ2v) is 4.82. The lowest BCUT2D eigenvalue weighted by Gasteiger charge is -2.27. The molecule has 0 bridgehead atoms. The lowest BCUT2D eigenvalue weighted by molar-refractivity contribution is 0.233. The summed E-state index contributed by atoms with van der Waals surface area (Å²) in [5.74, 6) is 0.886. The number of halogens is 1. The van der Waals surface area contributed by atoms with E-state index in [9.17, 15) is 0 Å². The molecule has 1 aliphatic heterocycles. The molecule has 2 rings (SSSR count). The van der Waals surface area contributed by atoms with Crippen molar-refractivity contribution in [2.24, 2.45) is 0 Å². The molecule has 0 radical (unpaired) electrons. The highest BCUT2D eigenvalue weighted by Crippen LogP contribution is 2.27. The molecule has 0 unspecified atom stereocenters. The van der Waals surface area contributed by atoms with Crippen molar-refractivity contribution in [3.63, 3.8) is 0 Å². The first kappa shape index (κ1) is 12.7. The number of ether oxygens (including phenoxy) is 1. The van der Waals surface area contributed by atoms with Crippen LogP contribution in [-0.2, 0) is 6.54 Å². The number of hydrogen-bond acceptors (Lipinski definition) is 3. The van der Waals surface area contributed by atoms with Gasteiger partial charge in [0.1, 0.15) is 5.75 Å². The molecular formula is C13H19ClN2O. The normalized spacial score (nSPS) is 17.1. The molecule has 0 aliphatic carbocycles. The molecule has 0 spiro atoms. The Morgan fingerprint density at radius 3 is 2.71 bits per heavy atom. The lowest BCUT2D eigenvalue weighted by atomic mass is 10.1. The van der Waals surface area contributed by atoms with Crippen molar-refractivity contribution in [2.45, 2.75) is 13.5 Å². The minimum absolute atomic E-state index is 0.865. The summed E-state index contributed by atoms with van der Waals surface area (Å²) in [4.78, 5) is 2.41. The summed E-state index contributed by atoms with van der Waals surface area (Å²) < 4.78 is 5.29. The van der Waals surface area contributed by atoms with Crippen LogP contribution >= 0.6 is 11.6 Å². The van der Waals surface area contributed by atoms with E-state index in [2.05, 4.69) is 10.2 Å². The van der Waals surface area contributed by atoms with Crippen molar-refractivity contribution in [1.29, 1.82) is 0 Å². The molecule has 4 heteroatoms. The maximum Gasteiger partial charge on any atom is 0.119 e. The minimum atomic E-state index is 0.865. The number of nitrogens with zero attached hydrogens (tertiary/aromatic N) is 1. The summed E-state index contributed by atoms with van der Waals surface area (Å²) >= 11 is 6.34. The number of aryl methyl sites for hydroxylation is 1. The molecule has 17 heavy (non-hydrogen) atoms. The third-order valence-corrected chi connectivity index (χ3v) is 3.68. The highest BCUT2D eigenvalue weighted by Gasteiger charge is 2.13. The van der Waals surface area contributed by atoms with E-state index < -0.39 is 0 Å². The first-order valence-electron chi connectivity index (χ1n) is 5.97. The van der Waals surface area contributed by atoms with E-state index in [1.54, 1.807) is 7.11 Å². The van der Waals surface area contributed by atoms with Gasteiger partial charge in [-0.1, -0.05) is 11.6 Å². The smallest absolute Gasteiger partial charge is 0.119 e. The number of rotatable bonds is 3. The van der Waals surface area contributed by atoms with E-state index in [-0.39, 0.29) is 0 Å². The third kappa shape index (κ3) is 3.12. The Balaban J connectivity index is 2.15. The van der Waals surface area contributed by atoms with Gasteiger partial charge in [0.2, 0.25) is 0 Å². The molecule has 0 saturated carbocycles. The van der Waals surface area contributed by atoms with Crippen LogP contribution in [0.25, 0.3) is 0 Å². The molecule has 1 saturated heterocycles. The second-order valence-electron chi connectivity index (χ2n) is 4.44. The van der Waals surface area contributed by atoms with Gasteiger partial charge >= 0.3 is 0 Å². The summed E-state index contributed by atoms with van der Waals surface area (Å²) in [5, 5.41) is 4.21. The number of benzene rings is 1. The lowest BCUT2D eigenvalue weighted by Crippen LogP contribution is -2.42. The van der Waals surface area contributed by atoms with Gasteiger partial charge in [-0.3, -0.25) is 4.90 Å². The SMILES string of the molecule is COc1cc(C)c(Cl)c(CN2CCNCC2)c1. The fraction of sp³-hybridized carbons (Fsp3) is 0.538. The third-order valence-electron chi connectivity index (χ3n) is 3.14. The van der Waals surface area contributed by atoms with Crippen LogP contribution in [0.15, 0.2) is 12.1 Å². The van der Waals surface area contributed by atoms with E-state index >= 15 is 0 Å². The summed E-state index contributed by atoms with van der Waals surface area (Å²) in [6.45, 7) is 7.19. The van der Waals surface area contributed by atoms with Crippen molar-refractivity contribution < 1.29 is 4.74 Å². The van der Waals surface area contributed by atoms with Crippen molar-refractivity contribution in [1.82, 2.24) is 10.2 Å². The van der Waals surface area contributed by atoms with E-state index in [0.29, 0.717) is 0 Å². The molecule has 0 amide bonds. The molecule has 1 fully saturated rings. The fourth-order valence-corrected chi connectivity index (χ4v) is 2.32. The zero-order valence-electron chi connectivity index (χ0n) is 10.4. The predicted octanol–water partition coefficient (Wildman–Crippen LogP) is 2.06. The van der Waals surface area contributed by atoms with Crippen LogP contribution in [-0.4, -0.2) is 38.2 Å². The van der Waals surface area contributed by atoms with Gasteiger partial charge in [-0.25, -0.2) is 0 Å². The molecule has 1 aromatic rings. The largest absolute Gasteiger partial charge is 0.497 e. The standard InChI is InChI=1S/C13H19ClN2O/c1-10-7-12(17-2)8-11(13(10)14)9-16-5-3-15-4-6-16/h7-8,15H,3-6,9H2,1-2H3. The Morgan fingerprint density at radius 1 is 1.35 bits per heavy atom. The van der Waals surface area contributed by atoms with Crippen LogP contribution in [0.3, 0.4) is 0 Å². The molecule has 1 N–H and O–H groups in total. The van der Waals surface area contributed by atoms with Crippen LogP contribution in [0, 0.1) is 6.92 Å². The van der Waals surface area contributed by atoms with Gasteiger partial charge < -0.3 is 10.1 Å². The van der Waals surface area contributed by atoms with E-state index in [0.717, 1.165) is 54.6 Å². The maximum atomic E-state index is 6.34. The average molecular weight is 255 g/mol. The second kappa shape index (κ2) is 5.71.